The van der Waals surface area contributed by atoms with Crippen LogP contribution in [0.4, 0.5) is 0 Å². The summed E-state index contributed by atoms with van der Waals surface area (Å²) in [6, 6.07) is 11.2. The first-order chi connectivity index (χ1) is 11.6. The topological polar surface area (TPSA) is 78.4 Å². The molecule has 5 heteroatoms. The molecular weight excluding hydrogens is 304 g/mol. The van der Waals surface area contributed by atoms with Crippen LogP contribution < -0.4 is 5.73 Å². The lowest BCUT2D eigenvalue weighted by Gasteiger charge is -2.61. The minimum atomic E-state index is -0.819. The Morgan fingerprint density at radius 3 is 2.04 bits per heavy atom. The molecule has 0 aromatic heterocycles. The molecule has 0 spiro atoms. The number of nitrogens with zero attached hydrogens (tertiary/aromatic N) is 1. The molecule has 4 fully saturated rings. The van der Waals surface area contributed by atoms with Crippen molar-refractivity contribution in [1.82, 2.24) is 0 Å². The van der Waals surface area contributed by atoms with Gasteiger partial charge < -0.3 is 10.6 Å². The zero-order valence-corrected chi connectivity index (χ0v) is 14.4. The van der Waals surface area contributed by atoms with E-state index in [4.69, 9.17) is 5.73 Å². The van der Waals surface area contributed by atoms with E-state index in [1.165, 1.54) is 37.7 Å². The molecule has 0 heterocycles. The summed E-state index contributed by atoms with van der Waals surface area (Å²) in [5, 5.41) is 8.36. The highest BCUT2D eigenvalue weighted by atomic mass is 16.9. The summed E-state index contributed by atoms with van der Waals surface area (Å²) in [5.41, 5.74) is 8.16. The molecule has 0 aliphatic heterocycles. The summed E-state index contributed by atoms with van der Waals surface area (Å²) < 4.78 is 0. The molecule has 1 aromatic rings. The van der Waals surface area contributed by atoms with E-state index in [9.17, 15) is 10.1 Å². The van der Waals surface area contributed by atoms with E-state index in [-0.39, 0.29) is 6.61 Å². The van der Waals surface area contributed by atoms with Crippen molar-refractivity contribution in [3.05, 3.63) is 46.0 Å². The lowest BCUT2D eigenvalue weighted by Crippen LogP contribution is -2.58. The lowest BCUT2D eigenvalue weighted by atomic mass is 9.44. The van der Waals surface area contributed by atoms with E-state index >= 15 is 0 Å². The third-order valence-corrected chi connectivity index (χ3v) is 6.48. The van der Waals surface area contributed by atoms with Gasteiger partial charge in [0.05, 0.1) is 6.61 Å². The van der Waals surface area contributed by atoms with Gasteiger partial charge in [0.1, 0.15) is 0 Å². The van der Waals surface area contributed by atoms with Gasteiger partial charge in [-0.3, -0.25) is 0 Å². The summed E-state index contributed by atoms with van der Waals surface area (Å²) in [4.78, 5) is 12.9. The summed E-state index contributed by atoms with van der Waals surface area (Å²) in [7, 11) is 0. The maximum atomic E-state index is 9.18. The van der Waals surface area contributed by atoms with E-state index in [0.717, 1.165) is 30.2 Å². The fraction of sp³-hybridized carbons (Fsp3) is 0.684. The molecule has 0 unspecified atom stereocenters. The minimum Gasteiger partial charge on any atom is -0.330 e. The molecule has 4 aliphatic rings. The van der Waals surface area contributed by atoms with Crippen LogP contribution in [-0.4, -0.2) is 18.2 Å². The second-order valence-corrected chi connectivity index (χ2v) is 7.56. The van der Waals surface area contributed by atoms with Gasteiger partial charge in [-0.25, -0.2) is 0 Å². The van der Waals surface area contributed by atoms with Gasteiger partial charge in [0, 0.05) is 12.0 Å². The van der Waals surface area contributed by atoms with E-state index < -0.39 is 5.09 Å². The van der Waals surface area contributed by atoms with Crippen molar-refractivity contribution < 1.29 is 9.92 Å². The van der Waals surface area contributed by atoms with Gasteiger partial charge in [-0.2, -0.15) is 0 Å². The summed E-state index contributed by atoms with van der Waals surface area (Å²) in [5.74, 6) is 3.77. The first-order valence-electron chi connectivity index (χ1n) is 9.13. The van der Waals surface area contributed by atoms with Crippen molar-refractivity contribution >= 4 is 0 Å². The smallest absolute Gasteiger partial charge is 0.294 e. The van der Waals surface area contributed by atoms with Gasteiger partial charge in [-0.05, 0) is 68.3 Å². The monoisotopic (exact) mass is 332 g/mol. The third kappa shape index (κ3) is 3.02. The predicted octanol–water partition coefficient (Wildman–Crippen LogP) is 3.55. The molecule has 0 atom stereocenters. The molecule has 0 amide bonds. The number of hydrogen-bond donors (Lipinski definition) is 1. The average Bonchev–Trinajstić information content (AvgIpc) is 2.56. The van der Waals surface area contributed by atoms with E-state index in [0.29, 0.717) is 5.41 Å². The Balaban J connectivity index is 0.000000246. The zero-order chi connectivity index (χ0) is 17.2. The van der Waals surface area contributed by atoms with Gasteiger partial charge in [0.15, 0.2) is 0 Å². The van der Waals surface area contributed by atoms with Crippen molar-refractivity contribution in [3.8, 4) is 0 Å². The number of rotatable bonds is 4. The van der Waals surface area contributed by atoms with E-state index in [1.54, 1.807) is 6.92 Å². The number of nitrogens with two attached hydrogens (primary N) is 1. The van der Waals surface area contributed by atoms with Crippen LogP contribution in [0.1, 0.15) is 44.6 Å². The highest BCUT2D eigenvalue weighted by Gasteiger charge is 2.56. The van der Waals surface area contributed by atoms with E-state index in [1.807, 2.05) is 0 Å². The highest BCUT2D eigenvalue weighted by Crippen LogP contribution is 2.62. The van der Waals surface area contributed by atoms with Crippen LogP contribution in [0.3, 0.4) is 0 Å². The van der Waals surface area contributed by atoms with Crippen LogP contribution in [0.2, 0.25) is 0 Å². The molecule has 0 radical (unpaired) electrons. The third-order valence-electron chi connectivity index (χ3n) is 6.48. The number of benzene rings is 1. The summed E-state index contributed by atoms with van der Waals surface area (Å²) in [6.07, 6.45) is 7.29. The second-order valence-electron chi connectivity index (χ2n) is 7.56. The van der Waals surface area contributed by atoms with Crippen molar-refractivity contribution in [2.24, 2.45) is 29.4 Å². The maximum Gasteiger partial charge on any atom is 0.294 e. The van der Waals surface area contributed by atoms with Crippen LogP contribution in [0, 0.1) is 33.8 Å². The standard InChI is InChI=1S/C17H23N.C2H5NO3/c18-11-17(14-4-2-1-3-5-14)15-7-12-6-13(9-15)10-16(17)8-12;1-2-6-3(4)5/h1-5,12-13,15-16H,6-11,18H2;2H2,1H3. The first kappa shape index (κ1) is 17.2. The van der Waals surface area contributed by atoms with Gasteiger partial charge in [0.25, 0.3) is 5.09 Å². The van der Waals surface area contributed by atoms with Crippen molar-refractivity contribution in [2.75, 3.05) is 13.2 Å². The van der Waals surface area contributed by atoms with Crippen LogP contribution in [0.5, 0.6) is 0 Å². The average molecular weight is 332 g/mol. The molecule has 1 aromatic carbocycles. The number of hydrogen-bond acceptors (Lipinski definition) is 4. The Morgan fingerprint density at radius 1 is 1.12 bits per heavy atom. The highest BCUT2D eigenvalue weighted by molar-refractivity contribution is 5.31. The molecule has 2 N–H and O–H groups in total. The normalized spacial score (nSPS) is 35.9. The van der Waals surface area contributed by atoms with Crippen molar-refractivity contribution in [1.29, 1.82) is 0 Å². The molecule has 132 valence electrons. The van der Waals surface area contributed by atoms with Crippen LogP contribution >= 0.6 is 0 Å². The Bertz CT molecular complexity index is 533. The largest absolute Gasteiger partial charge is 0.330 e. The molecule has 5 rings (SSSR count). The fourth-order valence-corrected chi connectivity index (χ4v) is 5.80. The van der Waals surface area contributed by atoms with Crippen molar-refractivity contribution in [3.63, 3.8) is 0 Å². The van der Waals surface area contributed by atoms with Crippen LogP contribution in [0.15, 0.2) is 30.3 Å². The molecule has 24 heavy (non-hydrogen) atoms. The quantitative estimate of drug-likeness (QED) is 0.675. The molecule has 4 aliphatic carbocycles. The van der Waals surface area contributed by atoms with Gasteiger partial charge in [-0.1, -0.05) is 30.3 Å². The molecule has 5 nitrogen and oxygen atoms in total. The second kappa shape index (κ2) is 7.09. The minimum absolute atomic E-state index is 0.132. The van der Waals surface area contributed by atoms with Crippen LogP contribution in [0.25, 0.3) is 0 Å². The Kier molecular flexibility index (Phi) is 5.09. The molecule has 0 saturated heterocycles. The fourth-order valence-electron chi connectivity index (χ4n) is 5.80. The Morgan fingerprint density at radius 2 is 1.67 bits per heavy atom. The summed E-state index contributed by atoms with van der Waals surface area (Å²) >= 11 is 0. The lowest BCUT2D eigenvalue weighted by molar-refractivity contribution is -0.756. The molecule has 4 bridgehead atoms. The van der Waals surface area contributed by atoms with E-state index in [2.05, 4.69) is 35.2 Å². The molecular formula is C19H28N2O3. The van der Waals surface area contributed by atoms with Crippen LogP contribution in [-0.2, 0) is 10.3 Å². The summed E-state index contributed by atoms with van der Waals surface area (Å²) in [6.45, 7) is 2.54. The SMILES string of the molecule is CCO[N+](=O)[O-].NCC1(c2ccccc2)C2CC3CC(C2)CC1C3. The molecule has 4 saturated carbocycles. The predicted molar refractivity (Wildman–Crippen MR) is 92.8 cm³/mol. The Hall–Kier alpha value is -1.62. The Labute approximate surface area is 143 Å². The van der Waals surface area contributed by atoms with Gasteiger partial charge in [0.2, 0.25) is 0 Å². The zero-order valence-electron chi connectivity index (χ0n) is 14.4. The van der Waals surface area contributed by atoms with Crippen molar-refractivity contribution in [2.45, 2.75) is 44.4 Å². The van der Waals surface area contributed by atoms with Gasteiger partial charge in [-0.15, -0.1) is 10.1 Å². The first-order valence-corrected chi connectivity index (χ1v) is 9.13. The maximum absolute atomic E-state index is 9.18. The van der Waals surface area contributed by atoms with Gasteiger partial charge >= 0.3 is 0 Å².